The molecule has 0 rings (SSSR count). The third-order valence-corrected chi connectivity index (χ3v) is 10.8. The molecule has 3 heteroatoms. The Kier molecular flexibility index (Phi) is 27.1. The molecule has 0 saturated heterocycles. The average molecular weight is 508 g/mol. The summed E-state index contributed by atoms with van der Waals surface area (Å²) in [6.45, 7) is 4.60. The fraction of sp³-hybridized carbons (Fsp3) is 1.00. The normalized spacial score (nSPS) is 13.8. The van der Waals surface area contributed by atoms with Gasteiger partial charge in [0, 0.05) is 10.2 Å². The molecule has 0 spiro atoms. The Morgan fingerprint density at radius 1 is 0.469 bits per heavy atom. The fourth-order valence-corrected chi connectivity index (χ4v) is 6.28. The molecule has 0 aliphatic heterocycles. The third kappa shape index (κ3) is 22.6. The summed E-state index contributed by atoms with van der Waals surface area (Å²) in [6.07, 6.45) is 34.6. The Hall–Kier alpha value is 0.797. The van der Waals surface area contributed by atoms with Crippen molar-refractivity contribution in [3.63, 3.8) is 0 Å². The van der Waals surface area contributed by atoms with Gasteiger partial charge in [0.05, 0.1) is 0 Å². The van der Waals surface area contributed by atoms with Crippen LogP contribution in [-0.4, -0.2) is 15.1 Å². The zero-order chi connectivity index (χ0) is 23.7. The van der Waals surface area contributed by atoms with E-state index in [-0.39, 0.29) is 4.84 Å². The summed E-state index contributed by atoms with van der Waals surface area (Å²) in [5.41, 5.74) is 0.568. The van der Waals surface area contributed by atoms with Gasteiger partial charge < -0.3 is 0 Å². The molecule has 0 amide bonds. The largest absolute Gasteiger partial charge is 0.107 e. The van der Waals surface area contributed by atoms with Crippen LogP contribution in [0.4, 0.5) is 0 Å². The predicted molar refractivity (Wildman–Crippen MR) is 155 cm³/mol. The second kappa shape index (κ2) is 26.4. The number of hydrogen-bond donors (Lipinski definition) is 0. The van der Waals surface area contributed by atoms with Gasteiger partial charge in [-0.2, -0.15) is 0 Å². The first-order valence-corrected chi connectivity index (χ1v) is 16.9. The maximum atomic E-state index is 6.10. The van der Waals surface area contributed by atoms with Crippen LogP contribution in [0.1, 0.15) is 168 Å². The van der Waals surface area contributed by atoms with E-state index < -0.39 is 0 Å². The zero-order valence-electron chi connectivity index (χ0n) is 22.5. The van der Waals surface area contributed by atoms with E-state index in [1.54, 1.807) is 0 Å². The van der Waals surface area contributed by atoms with Crippen LogP contribution in [0.2, 0.25) is 5.54 Å². The zero-order valence-corrected chi connectivity index (χ0v) is 26.0. The molecule has 194 valence electrons. The first-order valence-electron chi connectivity index (χ1n) is 14.9. The highest BCUT2D eigenvalue weighted by Gasteiger charge is 2.20. The minimum Gasteiger partial charge on any atom is -0.105 e. The first-order chi connectivity index (χ1) is 15.6. The molecule has 0 aromatic rings. The van der Waals surface area contributed by atoms with Crippen molar-refractivity contribution in [1.29, 1.82) is 0 Å². The molecule has 0 saturated carbocycles. The number of halogens is 2. The molecule has 2 atom stereocenters. The summed E-state index contributed by atoms with van der Waals surface area (Å²) in [5, 5.41) is 0. The van der Waals surface area contributed by atoms with Crippen LogP contribution in [-0.2, 0) is 0 Å². The van der Waals surface area contributed by atoms with Gasteiger partial charge in [0.25, 0.3) is 0 Å². The van der Waals surface area contributed by atoms with Crippen LogP contribution in [0.5, 0.6) is 0 Å². The molecule has 0 aromatic heterocycles. The van der Waals surface area contributed by atoms with Gasteiger partial charge in [-0.05, 0) is 11.5 Å². The van der Waals surface area contributed by atoms with Gasteiger partial charge in [-0.25, -0.2) is 0 Å². The Labute approximate surface area is 217 Å². The van der Waals surface area contributed by atoms with Gasteiger partial charge in [-0.3, -0.25) is 0 Å². The van der Waals surface area contributed by atoms with E-state index in [4.69, 9.17) is 23.2 Å². The molecule has 0 bridgehead atoms. The Morgan fingerprint density at radius 3 is 1.00 bits per heavy atom. The summed E-state index contributed by atoms with van der Waals surface area (Å²) >= 11 is 12.2. The summed E-state index contributed by atoms with van der Waals surface area (Å²) in [4.78, 5) is -0.147. The molecule has 0 nitrogen and oxygen atoms in total. The molecule has 0 aromatic carbocycles. The highest BCUT2D eigenvalue weighted by atomic mass is 35.5. The standard InChI is InChI=1S/C29H60Cl2Si/c1-3-5-6-7-8-9-10-11-12-13-14-15-16-17-18-19-20-21-22-23-24-25-26-27(4-2)28(32)29(30)31/h27-29H,3-26H2,1-2,32H3. The average Bonchev–Trinajstić information content (AvgIpc) is 2.79. The van der Waals surface area contributed by atoms with Crippen molar-refractivity contribution in [2.24, 2.45) is 5.92 Å². The molecule has 0 heterocycles. The Bertz CT molecular complexity index is 348. The van der Waals surface area contributed by atoms with E-state index in [0.717, 1.165) is 16.2 Å². The van der Waals surface area contributed by atoms with Crippen molar-refractivity contribution in [2.45, 2.75) is 178 Å². The van der Waals surface area contributed by atoms with Crippen LogP contribution >= 0.6 is 23.2 Å². The minimum absolute atomic E-state index is 0.147. The van der Waals surface area contributed by atoms with Gasteiger partial charge in [-0.15, -0.1) is 23.2 Å². The molecule has 2 unspecified atom stereocenters. The second-order valence-corrected chi connectivity index (χ2v) is 13.1. The quantitative estimate of drug-likeness (QED) is 0.0620. The van der Waals surface area contributed by atoms with E-state index in [0.29, 0.717) is 5.54 Å². The van der Waals surface area contributed by atoms with E-state index in [1.165, 1.54) is 154 Å². The SMILES string of the molecule is CCCCCCCCCCCCCCCCCCCCCCCCC(CC)C([SiH3])C(Cl)Cl. The molecule has 32 heavy (non-hydrogen) atoms. The summed E-state index contributed by atoms with van der Waals surface area (Å²) < 4.78 is 0. The fourth-order valence-electron chi connectivity index (χ4n) is 5.06. The van der Waals surface area contributed by atoms with Crippen molar-refractivity contribution in [1.82, 2.24) is 0 Å². The lowest BCUT2D eigenvalue weighted by Crippen LogP contribution is -2.14. The highest BCUT2D eigenvalue weighted by molar-refractivity contribution is 6.47. The lowest BCUT2D eigenvalue weighted by Gasteiger charge is -2.23. The van der Waals surface area contributed by atoms with Crippen molar-refractivity contribution >= 4 is 33.4 Å². The number of hydrogen-bond acceptors (Lipinski definition) is 0. The van der Waals surface area contributed by atoms with Crippen LogP contribution in [0, 0.1) is 5.92 Å². The highest BCUT2D eigenvalue weighted by Crippen LogP contribution is 2.32. The van der Waals surface area contributed by atoms with Gasteiger partial charge in [0.2, 0.25) is 0 Å². The second-order valence-electron chi connectivity index (χ2n) is 10.6. The Morgan fingerprint density at radius 2 is 0.750 bits per heavy atom. The van der Waals surface area contributed by atoms with Crippen LogP contribution in [0.25, 0.3) is 0 Å². The van der Waals surface area contributed by atoms with Crippen molar-refractivity contribution in [2.75, 3.05) is 0 Å². The van der Waals surface area contributed by atoms with Gasteiger partial charge in [0.1, 0.15) is 4.84 Å². The van der Waals surface area contributed by atoms with Gasteiger partial charge in [-0.1, -0.05) is 168 Å². The number of unbranched alkanes of at least 4 members (excludes halogenated alkanes) is 21. The van der Waals surface area contributed by atoms with Crippen molar-refractivity contribution < 1.29 is 0 Å². The van der Waals surface area contributed by atoms with E-state index >= 15 is 0 Å². The van der Waals surface area contributed by atoms with E-state index in [1.807, 2.05) is 0 Å². The third-order valence-electron chi connectivity index (χ3n) is 7.59. The molecule has 0 radical (unpaired) electrons. The van der Waals surface area contributed by atoms with Gasteiger partial charge >= 0.3 is 0 Å². The van der Waals surface area contributed by atoms with Crippen LogP contribution < -0.4 is 0 Å². The lowest BCUT2D eigenvalue weighted by molar-refractivity contribution is 0.422. The first kappa shape index (κ1) is 32.8. The van der Waals surface area contributed by atoms with E-state index in [2.05, 4.69) is 13.8 Å². The monoisotopic (exact) mass is 506 g/mol. The van der Waals surface area contributed by atoms with Crippen molar-refractivity contribution in [3.05, 3.63) is 0 Å². The minimum atomic E-state index is -0.147. The smallest absolute Gasteiger partial charge is 0.105 e. The van der Waals surface area contributed by atoms with Crippen LogP contribution in [0.15, 0.2) is 0 Å². The Balaban J connectivity index is 3.18. The summed E-state index contributed by atoms with van der Waals surface area (Å²) in [6, 6.07) is 0. The summed E-state index contributed by atoms with van der Waals surface area (Å²) in [5.74, 6) is 0.756. The number of rotatable bonds is 26. The molecule has 0 aliphatic rings. The molecule has 0 fully saturated rings. The molecule has 0 aliphatic carbocycles. The van der Waals surface area contributed by atoms with Crippen molar-refractivity contribution in [3.8, 4) is 0 Å². The van der Waals surface area contributed by atoms with Gasteiger partial charge in [0.15, 0.2) is 0 Å². The number of alkyl halides is 2. The maximum absolute atomic E-state index is 6.10. The maximum Gasteiger partial charge on any atom is 0.107 e. The molecule has 0 N–H and O–H groups in total. The van der Waals surface area contributed by atoms with E-state index in [9.17, 15) is 0 Å². The molecular weight excluding hydrogens is 447 g/mol. The summed E-state index contributed by atoms with van der Waals surface area (Å²) in [7, 11) is 1.12. The predicted octanol–water partition coefficient (Wildman–Crippen LogP) is 11.0. The lowest BCUT2D eigenvalue weighted by atomic mass is 9.95. The molecular formula is C29H60Cl2Si. The topological polar surface area (TPSA) is 0 Å². The van der Waals surface area contributed by atoms with Crippen LogP contribution in [0.3, 0.4) is 0 Å².